The number of hydrogen-bond donors (Lipinski definition) is 1. The normalized spacial score (nSPS) is 20.8. The third kappa shape index (κ3) is 2.34. The molecule has 2 atom stereocenters. The molecule has 0 fully saturated rings. The first kappa shape index (κ1) is 16.6. The van der Waals surface area contributed by atoms with Crippen molar-refractivity contribution >= 4 is 10.9 Å². The summed E-state index contributed by atoms with van der Waals surface area (Å²) in [5, 5.41) is 21.5. The van der Waals surface area contributed by atoms with Crippen molar-refractivity contribution in [3.63, 3.8) is 0 Å². The molecule has 6 heteroatoms. The Labute approximate surface area is 160 Å². The second kappa shape index (κ2) is 5.98. The summed E-state index contributed by atoms with van der Waals surface area (Å²) in [4.78, 5) is 8.64. The van der Waals surface area contributed by atoms with Gasteiger partial charge in [0.25, 0.3) is 0 Å². The van der Waals surface area contributed by atoms with Crippen molar-refractivity contribution in [2.75, 3.05) is 0 Å². The van der Waals surface area contributed by atoms with Crippen LogP contribution < -0.4 is 0 Å². The number of para-hydroxylation sites is 1. The lowest BCUT2D eigenvalue weighted by Crippen LogP contribution is -2.24. The van der Waals surface area contributed by atoms with E-state index < -0.39 is 17.5 Å². The quantitative estimate of drug-likeness (QED) is 0.584. The van der Waals surface area contributed by atoms with E-state index in [1.54, 1.807) is 35.4 Å². The van der Waals surface area contributed by atoms with Gasteiger partial charge < -0.3 is 9.67 Å². The molecule has 1 aliphatic rings. The molecule has 1 aliphatic heterocycles. The molecule has 0 saturated heterocycles. The van der Waals surface area contributed by atoms with Crippen molar-refractivity contribution in [3.05, 3.63) is 95.5 Å². The molecule has 28 heavy (non-hydrogen) atoms. The van der Waals surface area contributed by atoms with Gasteiger partial charge in [0.15, 0.2) is 0 Å². The lowest BCUT2D eigenvalue weighted by atomic mass is 9.87. The molecule has 0 radical (unpaired) electrons. The highest BCUT2D eigenvalue weighted by Crippen LogP contribution is 2.47. The lowest BCUT2D eigenvalue weighted by molar-refractivity contribution is 0.0790. The maximum absolute atomic E-state index is 14.7. The number of fused-ring (bicyclic) bond motifs is 2. The summed E-state index contributed by atoms with van der Waals surface area (Å²) in [7, 11) is 0. The predicted molar refractivity (Wildman–Crippen MR) is 101 cm³/mol. The van der Waals surface area contributed by atoms with Gasteiger partial charge in [-0.2, -0.15) is 5.26 Å². The number of halogens is 1. The molecule has 0 spiro atoms. The fraction of sp³-hybridized carbons (Fsp3) is 0.136. The minimum absolute atomic E-state index is 0.258. The van der Waals surface area contributed by atoms with Crippen LogP contribution in [0.1, 0.15) is 34.8 Å². The SMILES string of the molecule is N#Cc1ccc([C@H]2C[C@](O)(c3cnc4ccccc4c3)c3cncn32)c(F)c1. The van der Waals surface area contributed by atoms with Crippen LogP contribution in [0.2, 0.25) is 0 Å². The van der Waals surface area contributed by atoms with Crippen molar-refractivity contribution in [1.82, 2.24) is 14.5 Å². The Kier molecular flexibility index (Phi) is 3.54. The first-order chi connectivity index (χ1) is 13.6. The first-order valence-electron chi connectivity index (χ1n) is 8.89. The third-order valence-corrected chi connectivity index (χ3v) is 5.47. The fourth-order valence-electron chi connectivity index (χ4n) is 4.05. The molecular weight excluding hydrogens is 355 g/mol. The Morgan fingerprint density at radius 3 is 2.86 bits per heavy atom. The molecule has 2 aromatic heterocycles. The Hall–Kier alpha value is -3.56. The monoisotopic (exact) mass is 370 g/mol. The van der Waals surface area contributed by atoms with Gasteiger partial charge in [-0.25, -0.2) is 9.37 Å². The number of aromatic nitrogens is 3. The highest BCUT2D eigenvalue weighted by molar-refractivity contribution is 5.79. The summed E-state index contributed by atoms with van der Waals surface area (Å²) in [6.07, 6.45) is 5.13. The van der Waals surface area contributed by atoms with E-state index in [2.05, 4.69) is 9.97 Å². The van der Waals surface area contributed by atoms with E-state index in [1.165, 1.54) is 6.07 Å². The van der Waals surface area contributed by atoms with Crippen LogP contribution in [0.5, 0.6) is 0 Å². The molecule has 5 rings (SSSR count). The summed E-state index contributed by atoms with van der Waals surface area (Å²) < 4.78 is 16.5. The van der Waals surface area contributed by atoms with Gasteiger partial charge >= 0.3 is 0 Å². The van der Waals surface area contributed by atoms with Gasteiger partial charge in [-0.3, -0.25) is 4.98 Å². The molecule has 1 N–H and O–H groups in total. The van der Waals surface area contributed by atoms with Gasteiger partial charge in [-0.1, -0.05) is 24.3 Å². The largest absolute Gasteiger partial charge is 0.379 e. The second-order valence-corrected chi connectivity index (χ2v) is 7.03. The van der Waals surface area contributed by atoms with E-state index in [1.807, 2.05) is 36.4 Å². The number of benzene rings is 2. The predicted octanol–water partition coefficient (Wildman–Crippen LogP) is 3.67. The van der Waals surface area contributed by atoms with Crippen molar-refractivity contribution in [1.29, 1.82) is 5.26 Å². The summed E-state index contributed by atoms with van der Waals surface area (Å²) in [5.74, 6) is -0.468. The van der Waals surface area contributed by atoms with E-state index in [4.69, 9.17) is 5.26 Å². The van der Waals surface area contributed by atoms with Gasteiger partial charge in [0.05, 0.1) is 41.4 Å². The Balaban J connectivity index is 1.63. The van der Waals surface area contributed by atoms with Gasteiger partial charge in [0.1, 0.15) is 11.4 Å². The van der Waals surface area contributed by atoms with Gasteiger partial charge in [-0.15, -0.1) is 0 Å². The molecule has 0 aliphatic carbocycles. The van der Waals surface area contributed by atoms with E-state index in [0.717, 1.165) is 10.9 Å². The molecule has 0 amide bonds. The Morgan fingerprint density at radius 2 is 2.04 bits per heavy atom. The maximum Gasteiger partial charge on any atom is 0.135 e. The zero-order valence-electron chi connectivity index (χ0n) is 14.7. The van der Waals surface area contributed by atoms with Crippen LogP contribution >= 0.6 is 0 Å². The van der Waals surface area contributed by atoms with Crippen LogP contribution in [0.3, 0.4) is 0 Å². The highest BCUT2D eigenvalue weighted by atomic mass is 19.1. The highest BCUT2D eigenvalue weighted by Gasteiger charge is 2.45. The van der Waals surface area contributed by atoms with E-state index in [0.29, 0.717) is 16.8 Å². The molecule has 0 bridgehead atoms. The third-order valence-electron chi connectivity index (χ3n) is 5.47. The zero-order chi connectivity index (χ0) is 19.3. The van der Waals surface area contributed by atoms with E-state index >= 15 is 0 Å². The number of nitrogens with zero attached hydrogens (tertiary/aromatic N) is 4. The number of pyridine rings is 1. The zero-order valence-corrected chi connectivity index (χ0v) is 14.7. The summed E-state index contributed by atoms with van der Waals surface area (Å²) in [5.41, 5.74) is 1.43. The molecular formula is C22H15FN4O. The first-order valence-corrected chi connectivity index (χ1v) is 8.89. The van der Waals surface area contributed by atoms with Crippen molar-refractivity contribution in [2.45, 2.75) is 18.1 Å². The Bertz CT molecular complexity index is 1260. The average molecular weight is 370 g/mol. The molecule has 2 aromatic carbocycles. The van der Waals surface area contributed by atoms with E-state index in [-0.39, 0.29) is 12.0 Å². The van der Waals surface area contributed by atoms with Gasteiger partial charge in [-0.05, 0) is 24.3 Å². The summed E-state index contributed by atoms with van der Waals surface area (Å²) in [6, 6.07) is 15.5. The van der Waals surface area contributed by atoms with Crippen LogP contribution in [0.15, 0.2) is 67.3 Å². The minimum atomic E-state index is -1.33. The van der Waals surface area contributed by atoms with Crippen LogP contribution in [0.25, 0.3) is 10.9 Å². The topological polar surface area (TPSA) is 74.7 Å². The fourth-order valence-corrected chi connectivity index (χ4v) is 4.05. The number of rotatable bonds is 2. The number of imidazole rings is 1. The van der Waals surface area contributed by atoms with Crippen molar-refractivity contribution in [2.24, 2.45) is 0 Å². The van der Waals surface area contributed by atoms with Crippen molar-refractivity contribution in [3.8, 4) is 6.07 Å². The summed E-state index contributed by atoms with van der Waals surface area (Å²) >= 11 is 0. The van der Waals surface area contributed by atoms with Crippen LogP contribution in [0.4, 0.5) is 4.39 Å². The average Bonchev–Trinajstić information content (AvgIpc) is 3.31. The minimum Gasteiger partial charge on any atom is -0.379 e. The van der Waals surface area contributed by atoms with Gasteiger partial charge in [0, 0.05) is 29.1 Å². The number of aliphatic hydroxyl groups is 1. The molecule has 0 saturated carbocycles. The standard InChI is InChI=1S/C22H15FN4O/c23-18-7-14(10-24)5-6-17(18)20-9-22(28,21-12-25-13-27(20)21)16-8-15-3-1-2-4-19(15)26-11-16/h1-8,11-13,20,28H,9H2/t20-,22+/m1/s1. The van der Waals surface area contributed by atoms with Crippen LogP contribution in [0, 0.1) is 17.1 Å². The molecule has 136 valence electrons. The number of nitriles is 1. The maximum atomic E-state index is 14.7. The molecule has 0 unspecified atom stereocenters. The molecule has 5 nitrogen and oxygen atoms in total. The lowest BCUT2D eigenvalue weighted by Gasteiger charge is -2.23. The molecule has 4 aromatic rings. The molecule has 3 heterocycles. The number of hydrogen-bond acceptors (Lipinski definition) is 4. The van der Waals surface area contributed by atoms with Crippen LogP contribution in [-0.4, -0.2) is 19.6 Å². The van der Waals surface area contributed by atoms with Crippen molar-refractivity contribution < 1.29 is 9.50 Å². The van der Waals surface area contributed by atoms with Gasteiger partial charge in [0.2, 0.25) is 0 Å². The smallest absolute Gasteiger partial charge is 0.135 e. The summed E-state index contributed by atoms with van der Waals surface area (Å²) in [6.45, 7) is 0. The van der Waals surface area contributed by atoms with E-state index in [9.17, 15) is 9.50 Å². The second-order valence-electron chi connectivity index (χ2n) is 7.03. The van der Waals surface area contributed by atoms with Crippen LogP contribution in [-0.2, 0) is 5.60 Å². The Morgan fingerprint density at radius 1 is 1.18 bits per heavy atom.